The Morgan fingerprint density at radius 1 is 0.846 bits per heavy atom. The minimum Gasteiger partial charge on any atom is -0.368 e. The van der Waals surface area contributed by atoms with E-state index in [2.05, 4.69) is 32.8 Å². The van der Waals surface area contributed by atoms with Crippen LogP contribution in [0.2, 0.25) is 0 Å². The minimum absolute atomic E-state index is 0.657. The van der Waals surface area contributed by atoms with Crippen molar-refractivity contribution in [2.75, 3.05) is 0 Å². The molecule has 1 aromatic heterocycles. The van der Waals surface area contributed by atoms with E-state index in [4.69, 9.17) is 0 Å². The Bertz CT molecular complexity index is 1070. The van der Waals surface area contributed by atoms with Crippen LogP contribution in [0.5, 0.6) is 0 Å². The number of halogens is 1. The number of rotatable bonds is 2. The summed E-state index contributed by atoms with van der Waals surface area (Å²) < 4.78 is 0.955. The molecule has 0 saturated carbocycles. The molecular weight excluding hydrogens is 386 g/mol. The Hall–Kier alpha value is -2.80. The number of aromatic nitrogens is 1. The highest BCUT2D eigenvalue weighted by molar-refractivity contribution is 9.10. The Morgan fingerprint density at radius 2 is 1.54 bits per heavy atom. The van der Waals surface area contributed by atoms with Crippen molar-refractivity contribution in [3.05, 3.63) is 106 Å². The van der Waals surface area contributed by atoms with Crippen molar-refractivity contribution in [2.45, 2.75) is 5.60 Å². The van der Waals surface area contributed by atoms with Gasteiger partial charge in [0.25, 0.3) is 0 Å². The molecule has 2 N–H and O–H groups in total. The van der Waals surface area contributed by atoms with Gasteiger partial charge in [-0.2, -0.15) is 0 Å². The zero-order valence-corrected chi connectivity index (χ0v) is 15.5. The van der Waals surface area contributed by atoms with E-state index in [-0.39, 0.29) is 0 Å². The lowest BCUT2D eigenvalue weighted by Crippen LogP contribution is -2.25. The van der Waals surface area contributed by atoms with E-state index in [0.29, 0.717) is 5.69 Å². The fourth-order valence-electron chi connectivity index (χ4n) is 2.94. The molecular formula is C23H16BrNO. The van der Waals surface area contributed by atoms with E-state index in [1.165, 1.54) is 0 Å². The highest BCUT2D eigenvalue weighted by atomic mass is 79.9. The molecule has 4 aromatic rings. The third-order valence-corrected chi connectivity index (χ3v) is 4.87. The molecule has 0 saturated heterocycles. The summed E-state index contributed by atoms with van der Waals surface area (Å²) in [7, 11) is 0. The fourth-order valence-corrected chi connectivity index (χ4v) is 3.20. The summed E-state index contributed by atoms with van der Waals surface area (Å²) >= 11 is 3.45. The molecule has 2 nitrogen and oxygen atoms in total. The van der Waals surface area contributed by atoms with E-state index < -0.39 is 5.60 Å². The Morgan fingerprint density at radius 3 is 2.27 bits per heavy atom. The largest absolute Gasteiger partial charge is 0.368 e. The van der Waals surface area contributed by atoms with Gasteiger partial charge in [0.15, 0.2) is 5.60 Å². The number of para-hydroxylation sites is 1. The van der Waals surface area contributed by atoms with Crippen LogP contribution in [0.25, 0.3) is 10.9 Å². The van der Waals surface area contributed by atoms with Crippen LogP contribution in [0.1, 0.15) is 16.8 Å². The van der Waals surface area contributed by atoms with Crippen LogP contribution in [-0.2, 0) is 5.60 Å². The van der Waals surface area contributed by atoms with Gasteiger partial charge in [-0.15, -0.1) is 0 Å². The van der Waals surface area contributed by atoms with Crippen molar-refractivity contribution in [1.82, 2.24) is 4.98 Å². The van der Waals surface area contributed by atoms with Crippen LogP contribution in [-0.4, -0.2) is 10.1 Å². The first-order valence-corrected chi connectivity index (χ1v) is 9.09. The average molecular weight is 402 g/mol. The molecule has 0 fully saturated rings. The normalized spacial score (nSPS) is 13.0. The number of benzene rings is 3. The van der Waals surface area contributed by atoms with Gasteiger partial charge in [-0.05, 0) is 41.8 Å². The SMILES string of the molecule is OC(C#Cc1ccccc1)(c1ccc(Br)cc1)c1cc2ccccc2[nH]1. The molecule has 0 aliphatic heterocycles. The highest BCUT2D eigenvalue weighted by Crippen LogP contribution is 2.32. The topological polar surface area (TPSA) is 36.0 Å². The van der Waals surface area contributed by atoms with Crippen molar-refractivity contribution in [1.29, 1.82) is 0 Å². The lowest BCUT2D eigenvalue weighted by Gasteiger charge is -2.22. The van der Waals surface area contributed by atoms with E-state index in [9.17, 15) is 5.11 Å². The molecule has 3 aromatic carbocycles. The lowest BCUT2D eigenvalue weighted by molar-refractivity contribution is 0.141. The van der Waals surface area contributed by atoms with Crippen molar-refractivity contribution in [2.24, 2.45) is 0 Å². The number of fused-ring (bicyclic) bond motifs is 1. The summed E-state index contributed by atoms with van der Waals surface area (Å²) in [5.74, 6) is 6.19. The smallest absolute Gasteiger partial charge is 0.192 e. The Labute approximate surface area is 160 Å². The molecule has 0 spiro atoms. The van der Waals surface area contributed by atoms with E-state index in [1.54, 1.807) is 0 Å². The summed E-state index contributed by atoms with van der Waals surface area (Å²) in [4.78, 5) is 3.32. The zero-order valence-electron chi connectivity index (χ0n) is 13.9. The molecule has 3 heteroatoms. The quantitative estimate of drug-likeness (QED) is 0.444. The number of H-pyrrole nitrogens is 1. The van der Waals surface area contributed by atoms with Crippen LogP contribution in [0, 0.1) is 11.8 Å². The standard InChI is InChI=1S/C23H16BrNO/c24-20-12-10-19(11-13-20)23(26,15-14-17-6-2-1-3-7-17)22-16-18-8-4-5-9-21(18)25-22/h1-13,16,25-26H. The predicted octanol–water partition coefficient (Wildman–Crippen LogP) is 5.22. The van der Waals surface area contributed by atoms with Crippen molar-refractivity contribution < 1.29 is 5.11 Å². The second-order valence-electron chi connectivity index (χ2n) is 6.10. The zero-order chi connectivity index (χ0) is 18.0. The summed E-state index contributed by atoms with van der Waals surface area (Å²) in [6.07, 6.45) is 0. The van der Waals surface area contributed by atoms with E-state index in [1.807, 2.05) is 84.9 Å². The van der Waals surface area contributed by atoms with E-state index >= 15 is 0 Å². The fraction of sp³-hybridized carbons (Fsp3) is 0.0435. The van der Waals surface area contributed by atoms with Gasteiger partial charge in [-0.1, -0.05) is 76.3 Å². The number of aliphatic hydroxyl groups is 1. The van der Waals surface area contributed by atoms with Gasteiger partial charge in [0.1, 0.15) is 0 Å². The predicted molar refractivity (Wildman–Crippen MR) is 109 cm³/mol. The molecule has 1 atom stereocenters. The maximum absolute atomic E-state index is 11.6. The average Bonchev–Trinajstić information content (AvgIpc) is 3.12. The molecule has 4 rings (SSSR count). The van der Waals surface area contributed by atoms with Crippen LogP contribution >= 0.6 is 15.9 Å². The van der Waals surface area contributed by atoms with Crippen LogP contribution in [0.3, 0.4) is 0 Å². The third-order valence-electron chi connectivity index (χ3n) is 4.34. The first kappa shape index (κ1) is 16.7. The maximum Gasteiger partial charge on any atom is 0.192 e. The Kier molecular flexibility index (Phi) is 4.38. The lowest BCUT2D eigenvalue weighted by atomic mass is 9.90. The number of nitrogens with one attached hydrogen (secondary N) is 1. The summed E-state index contributed by atoms with van der Waals surface area (Å²) in [5, 5.41) is 12.6. The summed E-state index contributed by atoms with van der Waals surface area (Å²) in [6.45, 7) is 0. The molecule has 0 aliphatic carbocycles. The molecule has 26 heavy (non-hydrogen) atoms. The van der Waals surface area contributed by atoms with Crippen molar-refractivity contribution in [3.8, 4) is 11.8 Å². The second kappa shape index (κ2) is 6.84. The van der Waals surface area contributed by atoms with Crippen molar-refractivity contribution in [3.63, 3.8) is 0 Å². The second-order valence-corrected chi connectivity index (χ2v) is 7.02. The minimum atomic E-state index is -1.43. The molecule has 1 heterocycles. The molecule has 0 amide bonds. The first-order chi connectivity index (χ1) is 12.6. The molecule has 126 valence electrons. The van der Waals surface area contributed by atoms with Gasteiger partial charge in [0.05, 0.1) is 5.69 Å². The van der Waals surface area contributed by atoms with Crippen LogP contribution in [0.15, 0.2) is 89.4 Å². The molecule has 0 radical (unpaired) electrons. The first-order valence-electron chi connectivity index (χ1n) is 8.30. The van der Waals surface area contributed by atoms with Gasteiger partial charge < -0.3 is 10.1 Å². The maximum atomic E-state index is 11.6. The summed E-state index contributed by atoms with van der Waals surface area (Å²) in [5.41, 5.74) is 1.77. The van der Waals surface area contributed by atoms with Crippen molar-refractivity contribution >= 4 is 26.8 Å². The van der Waals surface area contributed by atoms with Gasteiger partial charge in [-0.25, -0.2) is 0 Å². The van der Waals surface area contributed by atoms with Gasteiger partial charge in [-0.3, -0.25) is 0 Å². The third kappa shape index (κ3) is 3.17. The van der Waals surface area contributed by atoms with Crippen LogP contribution < -0.4 is 0 Å². The monoisotopic (exact) mass is 401 g/mol. The number of hydrogen-bond acceptors (Lipinski definition) is 1. The van der Waals surface area contributed by atoms with Gasteiger partial charge in [0.2, 0.25) is 0 Å². The molecule has 0 bridgehead atoms. The number of hydrogen-bond donors (Lipinski definition) is 2. The Balaban J connectivity index is 1.88. The van der Waals surface area contributed by atoms with E-state index in [0.717, 1.165) is 26.5 Å². The van der Waals surface area contributed by atoms with Gasteiger partial charge >= 0.3 is 0 Å². The summed E-state index contributed by atoms with van der Waals surface area (Å²) in [6, 6.07) is 27.2. The van der Waals surface area contributed by atoms with Crippen LogP contribution in [0.4, 0.5) is 0 Å². The van der Waals surface area contributed by atoms with Gasteiger partial charge in [0, 0.05) is 21.1 Å². The molecule has 1 unspecified atom stereocenters. The number of aromatic amines is 1. The molecule has 0 aliphatic rings. The highest BCUT2D eigenvalue weighted by Gasteiger charge is 2.31.